The molecule has 1 aromatic rings. The highest BCUT2D eigenvalue weighted by Crippen LogP contribution is 2.19. The summed E-state index contributed by atoms with van der Waals surface area (Å²) in [6.45, 7) is 3.50. The van der Waals surface area contributed by atoms with Crippen LogP contribution in [0, 0.1) is 5.82 Å². The molecule has 0 aliphatic carbocycles. The van der Waals surface area contributed by atoms with E-state index in [2.05, 4.69) is 5.32 Å². The van der Waals surface area contributed by atoms with Crippen molar-refractivity contribution >= 4 is 21.6 Å². The van der Waals surface area contributed by atoms with Crippen molar-refractivity contribution in [3.63, 3.8) is 0 Å². The molecule has 2 rings (SSSR count). The summed E-state index contributed by atoms with van der Waals surface area (Å²) in [5.41, 5.74) is 0.498. The zero-order chi connectivity index (χ0) is 14.0. The Labute approximate surface area is 117 Å². The Kier molecular flexibility index (Phi) is 4.45. The Morgan fingerprint density at radius 3 is 2.89 bits per heavy atom. The molecule has 19 heavy (non-hydrogen) atoms. The molecule has 0 spiro atoms. The molecule has 0 aromatic heterocycles. The SMILES string of the molecule is CC1CN(S(=O)(=O)Cc2ccc(F)c(Cl)c2)CCN1. The van der Waals surface area contributed by atoms with Gasteiger partial charge in [0.05, 0.1) is 10.8 Å². The van der Waals surface area contributed by atoms with Gasteiger partial charge in [0, 0.05) is 25.7 Å². The fraction of sp³-hybridized carbons (Fsp3) is 0.500. The van der Waals surface area contributed by atoms with Gasteiger partial charge in [-0.1, -0.05) is 17.7 Å². The first-order valence-corrected chi connectivity index (χ1v) is 8.02. The van der Waals surface area contributed by atoms with Gasteiger partial charge in [-0.05, 0) is 24.6 Å². The number of sulfonamides is 1. The van der Waals surface area contributed by atoms with E-state index in [-0.39, 0.29) is 16.8 Å². The van der Waals surface area contributed by atoms with E-state index in [1.807, 2.05) is 6.92 Å². The van der Waals surface area contributed by atoms with Crippen LogP contribution in [0.1, 0.15) is 12.5 Å². The number of hydrogen-bond donors (Lipinski definition) is 1. The Balaban J connectivity index is 2.14. The van der Waals surface area contributed by atoms with E-state index >= 15 is 0 Å². The molecule has 1 atom stereocenters. The van der Waals surface area contributed by atoms with Crippen molar-refractivity contribution < 1.29 is 12.8 Å². The Morgan fingerprint density at radius 1 is 1.53 bits per heavy atom. The molecule has 0 amide bonds. The third kappa shape index (κ3) is 3.66. The minimum atomic E-state index is -3.39. The summed E-state index contributed by atoms with van der Waals surface area (Å²) >= 11 is 5.66. The van der Waals surface area contributed by atoms with Crippen LogP contribution in [0.4, 0.5) is 4.39 Å². The van der Waals surface area contributed by atoms with E-state index in [0.29, 0.717) is 25.2 Å². The molecule has 1 heterocycles. The lowest BCUT2D eigenvalue weighted by atomic mass is 10.2. The van der Waals surface area contributed by atoms with Crippen LogP contribution in [0.25, 0.3) is 0 Å². The van der Waals surface area contributed by atoms with E-state index in [1.165, 1.54) is 22.5 Å². The van der Waals surface area contributed by atoms with Crippen molar-refractivity contribution in [1.82, 2.24) is 9.62 Å². The molecule has 1 aromatic carbocycles. The average Bonchev–Trinajstić information content (AvgIpc) is 2.33. The summed E-state index contributed by atoms with van der Waals surface area (Å²) in [5.74, 6) is -0.696. The maximum Gasteiger partial charge on any atom is 0.218 e. The van der Waals surface area contributed by atoms with Crippen molar-refractivity contribution in [2.24, 2.45) is 0 Å². The van der Waals surface area contributed by atoms with Gasteiger partial charge in [0.2, 0.25) is 10.0 Å². The van der Waals surface area contributed by atoms with Crippen molar-refractivity contribution in [1.29, 1.82) is 0 Å². The molecule has 1 aliphatic heterocycles. The molecule has 1 unspecified atom stereocenters. The molecule has 1 N–H and O–H groups in total. The standard InChI is InChI=1S/C12H16ClFN2O2S/c1-9-7-16(5-4-15-9)19(17,18)8-10-2-3-12(14)11(13)6-10/h2-3,6,9,15H,4-5,7-8H2,1H3. The zero-order valence-corrected chi connectivity index (χ0v) is 12.1. The fourth-order valence-corrected chi connectivity index (χ4v) is 3.89. The summed E-state index contributed by atoms with van der Waals surface area (Å²) in [6, 6.07) is 4.14. The normalized spacial score (nSPS) is 21.5. The van der Waals surface area contributed by atoms with E-state index in [1.54, 1.807) is 0 Å². The first-order valence-electron chi connectivity index (χ1n) is 6.03. The van der Waals surface area contributed by atoms with Gasteiger partial charge in [-0.3, -0.25) is 0 Å². The summed E-state index contributed by atoms with van der Waals surface area (Å²) in [5, 5.41) is 3.13. The highest BCUT2D eigenvalue weighted by Gasteiger charge is 2.27. The minimum absolute atomic E-state index is 0.0543. The third-order valence-corrected chi connectivity index (χ3v) is 5.16. The molecule has 1 fully saturated rings. The van der Waals surface area contributed by atoms with E-state index in [9.17, 15) is 12.8 Å². The van der Waals surface area contributed by atoms with Crippen LogP contribution in [0.2, 0.25) is 5.02 Å². The Bertz CT molecular complexity index is 565. The summed E-state index contributed by atoms with van der Waals surface area (Å²) < 4.78 is 39.0. The molecular formula is C12H16ClFN2O2S. The smallest absolute Gasteiger partial charge is 0.218 e. The van der Waals surface area contributed by atoms with Crippen molar-refractivity contribution in [3.8, 4) is 0 Å². The minimum Gasteiger partial charge on any atom is -0.312 e. The van der Waals surface area contributed by atoms with Crippen LogP contribution < -0.4 is 5.32 Å². The second-order valence-electron chi connectivity index (χ2n) is 4.72. The Hall–Kier alpha value is -0.690. The molecule has 0 radical (unpaired) electrons. The van der Waals surface area contributed by atoms with Crippen LogP contribution in [-0.4, -0.2) is 38.4 Å². The third-order valence-electron chi connectivity index (χ3n) is 3.06. The maximum absolute atomic E-state index is 13.0. The lowest BCUT2D eigenvalue weighted by Gasteiger charge is -2.31. The molecule has 4 nitrogen and oxygen atoms in total. The second-order valence-corrected chi connectivity index (χ2v) is 7.09. The van der Waals surface area contributed by atoms with Crippen LogP contribution in [0.5, 0.6) is 0 Å². The van der Waals surface area contributed by atoms with Crippen LogP contribution in [0.15, 0.2) is 18.2 Å². The summed E-state index contributed by atoms with van der Waals surface area (Å²) in [7, 11) is -3.39. The first kappa shape index (κ1) is 14.7. The number of rotatable bonds is 3. The van der Waals surface area contributed by atoms with Crippen LogP contribution >= 0.6 is 11.6 Å². The molecule has 7 heteroatoms. The van der Waals surface area contributed by atoms with Crippen LogP contribution in [0.3, 0.4) is 0 Å². The summed E-state index contributed by atoms with van der Waals surface area (Å²) in [4.78, 5) is 0. The van der Waals surface area contributed by atoms with Crippen molar-refractivity contribution in [3.05, 3.63) is 34.6 Å². The lowest BCUT2D eigenvalue weighted by molar-refractivity contribution is 0.310. The quantitative estimate of drug-likeness (QED) is 0.923. The van der Waals surface area contributed by atoms with E-state index < -0.39 is 15.8 Å². The number of nitrogens with one attached hydrogen (secondary N) is 1. The molecule has 0 saturated carbocycles. The molecule has 0 bridgehead atoms. The average molecular weight is 307 g/mol. The van der Waals surface area contributed by atoms with Crippen molar-refractivity contribution in [2.75, 3.05) is 19.6 Å². The fourth-order valence-electron chi connectivity index (χ4n) is 2.08. The monoisotopic (exact) mass is 306 g/mol. The highest BCUT2D eigenvalue weighted by atomic mass is 35.5. The van der Waals surface area contributed by atoms with Crippen molar-refractivity contribution in [2.45, 2.75) is 18.7 Å². The van der Waals surface area contributed by atoms with Gasteiger partial charge in [-0.2, -0.15) is 4.31 Å². The van der Waals surface area contributed by atoms with Gasteiger partial charge in [-0.15, -0.1) is 0 Å². The predicted molar refractivity (Wildman–Crippen MR) is 73.1 cm³/mol. The van der Waals surface area contributed by atoms with Gasteiger partial charge in [0.25, 0.3) is 0 Å². The number of nitrogens with zero attached hydrogens (tertiary/aromatic N) is 1. The van der Waals surface area contributed by atoms with E-state index in [0.717, 1.165) is 0 Å². The van der Waals surface area contributed by atoms with Gasteiger partial charge >= 0.3 is 0 Å². The predicted octanol–water partition coefficient (Wildman–Crippen LogP) is 1.60. The lowest BCUT2D eigenvalue weighted by Crippen LogP contribution is -2.51. The maximum atomic E-state index is 13.0. The number of benzene rings is 1. The number of hydrogen-bond acceptors (Lipinski definition) is 3. The van der Waals surface area contributed by atoms with Crippen LogP contribution in [-0.2, 0) is 15.8 Å². The molecule has 1 aliphatic rings. The molecule has 1 saturated heterocycles. The summed E-state index contributed by atoms with van der Waals surface area (Å²) in [6.07, 6.45) is 0. The topological polar surface area (TPSA) is 49.4 Å². The molecule has 106 valence electrons. The highest BCUT2D eigenvalue weighted by molar-refractivity contribution is 7.88. The second kappa shape index (κ2) is 5.75. The Morgan fingerprint density at radius 2 is 2.26 bits per heavy atom. The van der Waals surface area contributed by atoms with E-state index in [4.69, 9.17) is 11.6 Å². The largest absolute Gasteiger partial charge is 0.312 e. The van der Waals surface area contributed by atoms with Gasteiger partial charge < -0.3 is 5.32 Å². The number of halogens is 2. The van der Waals surface area contributed by atoms with Gasteiger partial charge in [0.1, 0.15) is 5.82 Å². The first-order chi connectivity index (χ1) is 8.88. The number of piperazine rings is 1. The van der Waals surface area contributed by atoms with Gasteiger partial charge in [-0.25, -0.2) is 12.8 Å². The molecular weight excluding hydrogens is 291 g/mol. The zero-order valence-electron chi connectivity index (χ0n) is 10.6. The van der Waals surface area contributed by atoms with Gasteiger partial charge in [0.15, 0.2) is 0 Å².